The maximum Gasteiger partial charge on any atom is 0.270 e. The van der Waals surface area contributed by atoms with E-state index in [-0.39, 0.29) is 104 Å². The first-order valence-electron chi connectivity index (χ1n) is 50.6. The predicted octanol–water partition coefficient (Wildman–Crippen LogP) is 8.12. The Morgan fingerprint density at radius 1 is 0.375 bits per heavy atom. The molecule has 6 aromatic heterocycles. The molecule has 41 heteroatoms. The maximum atomic E-state index is 13.2. The Balaban J connectivity index is 0.000000147. The monoisotopic (exact) mass is 2040 g/mol. The molecule has 4 N–H and O–H groups in total. The van der Waals surface area contributed by atoms with E-state index in [1.807, 2.05) is 67.3 Å². The van der Waals surface area contributed by atoms with Crippen LogP contribution in [0.5, 0.6) is 0 Å². The minimum absolute atomic E-state index is 0. The molecule has 760 valence electrons. The number of rotatable bonds is 22. The summed E-state index contributed by atoms with van der Waals surface area (Å²) in [6.45, 7) is 23.2. The standard InChI is InChI=1S/2C43H52ClN11O4.C17H19ClN4O3.ClH/c2*1-49(2)43(59)36-23-28-25-46-37(47-40(28)55(36)30-5-3-4-6-30)24-29-7-8-31(26-45-29)52-19-15-50(16-20-52)13-14-51-17-21-53(22-18-51)34-10-9-32-33(39(34)44)27-54(42(32)58)35-11-12-38(56)48-41(35)57;18-15-11-9-22(13-3-4-14(23)20-16(13)24)17(25)10(11)1-2-12(15)21-7-5-19-6-8-21;/h2*7-10,23,25-26,30,35H,3-6,11-22,24,27H2,1-2H3,(H,48,56,57);1-2,13,19H,3-9H2,(H,20,23,24);1H. The second kappa shape index (κ2) is 43.7. The van der Waals surface area contributed by atoms with Crippen molar-refractivity contribution < 1.29 is 52.7 Å². The summed E-state index contributed by atoms with van der Waals surface area (Å²) in [5.74, 6) is -1.34. The van der Waals surface area contributed by atoms with Gasteiger partial charge in [0.15, 0.2) is 0 Å². The number of piperidine rings is 3. The van der Waals surface area contributed by atoms with Gasteiger partial charge < -0.3 is 63.5 Å². The van der Waals surface area contributed by atoms with Gasteiger partial charge in [0.05, 0.1) is 68.7 Å². The van der Waals surface area contributed by atoms with Gasteiger partial charge in [-0.2, -0.15) is 0 Å². The van der Waals surface area contributed by atoms with E-state index in [2.05, 4.69) is 109 Å². The number of aromatic nitrogens is 8. The van der Waals surface area contributed by atoms with Crippen molar-refractivity contribution in [3.8, 4) is 0 Å². The molecular weight excluding hydrogens is 1920 g/mol. The van der Waals surface area contributed by atoms with Crippen LogP contribution in [0.15, 0.2) is 97.6 Å². The summed E-state index contributed by atoms with van der Waals surface area (Å²) in [6, 6.07) is 22.2. The van der Waals surface area contributed by atoms with Crippen LogP contribution in [-0.2, 0) is 61.2 Å². The summed E-state index contributed by atoms with van der Waals surface area (Å²) in [5, 5.41) is 13.9. The highest BCUT2D eigenvalue weighted by atomic mass is 35.5. The smallest absolute Gasteiger partial charge is 0.270 e. The Morgan fingerprint density at radius 2 is 0.688 bits per heavy atom. The van der Waals surface area contributed by atoms with Crippen LogP contribution in [0.2, 0.25) is 15.1 Å². The molecule has 144 heavy (non-hydrogen) atoms. The van der Waals surface area contributed by atoms with Crippen LogP contribution in [0.1, 0.15) is 194 Å². The molecule has 3 aromatic carbocycles. The highest BCUT2D eigenvalue weighted by Crippen LogP contribution is 2.44. The van der Waals surface area contributed by atoms with E-state index in [9.17, 15) is 52.7 Å². The molecule has 0 spiro atoms. The van der Waals surface area contributed by atoms with Crippen molar-refractivity contribution >= 4 is 163 Å². The van der Waals surface area contributed by atoms with Crippen LogP contribution in [0, 0.1) is 0 Å². The van der Waals surface area contributed by atoms with Gasteiger partial charge in [0.1, 0.15) is 52.5 Å². The van der Waals surface area contributed by atoms with E-state index in [1.165, 1.54) is 30.6 Å². The van der Waals surface area contributed by atoms with E-state index < -0.39 is 35.8 Å². The number of fused-ring (bicyclic) bond motifs is 5. The Kier molecular flexibility index (Phi) is 30.5. The molecule has 3 unspecified atom stereocenters. The molecule has 10 fully saturated rings. The Bertz CT molecular complexity index is 6090. The number of nitrogens with one attached hydrogen (secondary N) is 4. The number of carbonyl (C=O) groups excluding carboxylic acids is 11. The lowest BCUT2D eigenvalue weighted by atomic mass is 10.0. The first-order chi connectivity index (χ1) is 69.3. The lowest BCUT2D eigenvalue weighted by Gasteiger charge is -2.39. The fraction of sp³-hybridized carbons (Fsp3) is 0.505. The van der Waals surface area contributed by atoms with Gasteiger partial charge in [0, 0.05) is 304 Å². The van der Waals surface area contributed by atoms with E-state index in [1.54, 1.807) is 53.9 Å². The Hall–Kier alpha value is -12.1. The zero-order chi connectivity index (χ0) is 99.1. The van der Waals surface area contributed by atoms with E-state index in [0.717, 1.165) is 261 Å². The molecule has 17 heterocycles. The highest BCUT2D eigenvalue weighted by molar-refractivity contribution is 6.36. The van der Waals surface area contributed by atoms with Crippen LogP contribution >= 0.6 is 47.2 Å². The van der Waals surface area contributed by atoms with Crippen LogP contribution in [0.4, 0.5) is 28.4 Å². The van der Waals surface area contributed by atoms with Gasteiger partial charge >= 0.3 is 0 Å². The lowest BCUT2D eigenvalue weighted by Crippen LogP contribution is -2.52. The van der Waals surface area contributed by atoms with Crippen LogP contribution in [0.25, 0.3) is 22.1 Å². The minimum atomic E-state index is -0.658. The summed E-state index contributed by atoms with van der Waals surface area (Å²) in [7, 11) is 7.17. The number of anilines is 5. The summed E-state index contributed by atoms with van der Waals surface area (Å²) < 4.78 is 4.32. The zero-order valence-corrected chi connectivity index (χ0v) is 85.0. The van der Waals surface area contributed by atoms with E-state index in [0.29, 0.717) is 93.4 Å². The number of halogens is 4. The van der Waals surface area contributed by atoms with Crippen LogP contribution in [0.3, 0.4) is 0 Å². The van der Waals surface area contributed by atoms with Crippen molar-refractivity contribution in [3.05, 3.63) is 180 Å². The van der Waals surface area contributed by atoms with Crippen LogP contribution in [-0.4, -0.2) is 352 Å². The number of carbonyl (C=O) groups is 11. The molecule has 0 bridgehead atoms. The largest absolute Gasteiger partial charge is 0.368 e. The van der Waals surface area contributed by atoms with Crippen LogP contribution < -0.4 is 45.8 Å². The Morgan fingerprint density at radius 3 is 0.986 bits per heavy atom. The number of nitrogens with zero attached hydrogens (tertiary/aromatic N) is 22. The van der Waals surface area contributed by atoms with Gasteiger partial charge in [0.2, 0.25) is 35.4 Å². The molecule has 3 atom stereocenters. The fourth-order valence-corrected chi connectivity index (χ4v) is 23.7. The van der Waals surface area contributed by atoms with Gasteiger partial charge in [-0.3, -0.25) is 98.3 Å². The first-order valence-corrected chi connectivity index (χ1v) is 51.7. The number of benzene rings is 3. The molecule has 9 aromatic rings. The lowest BCUT2D eigenvalue weighted by molar-refractivity contribution is -0.138. The van der Waals surface area contributed by atoms with Gasteiger partial charge in [-0.1, -0.05) is 60.5 Å². The van der Waals surface area contributed by atoms with Crippen molar-refractivity contribution in [2.75, 3.05) is 210 Å². The van der Waals surface area contributed by atoms with Gasteiger partial charge in [-0.15, -0.1) is 12.4 Å². The van der Waals surface area contributed by atoms with Crippen molar-refractivity contribution in [1.82, 2.24) is 104 Å². The minimum Gasteiger partial charge on any atom is -0.368 e. The summed E-state index contributed by atoms with van der Waals surface area (Å²) in [6.07, 6.45) is 19.3. The molecule has 2 aliphatic carbocycles. The molecule has 2 saturated carbocycles. The average molecular weight is 2040 g/mol. The second-order valence-corrected chi connectivity index (χ2v) is 41.2. The highest BCUT2D eigenvalue weighted by Gasteiger charge is 2.46. The first kappa shape index (κ1) is 101. The third kappa shape index (κ3) is 21.1. The van der Waals surface area contributed by atoms with Gasteiger partial charge in [0.25, 0.3) is 29.5 Å². The zero-order valence-electron chi connectivity index (χ0n) is 81.9. The third-order valence-electron chi connectivity index (χ3n) is 30.9. The fourth-order valence-electron chi connectivity index (χ4n) is 22.7. The molecule has 11 aliphatic heterocycles. The molecule has 8 saturated heterocycles. The number of hydrogen-bond acceptors (Lipinski definition) is 27. The Labute approximate surface area is 857 Å². The summed E-state index contributed by atoms with van der Waals surface area (Å²) in [4.78, 5) is 196. The average Bonchev–Trinajstić information content (AvgIpc) is 1.62. The molecule has 37 nitrogen and oxygen atoms in total. The van der Waals surface area contributed by atoms with Crippen molar-refractivity contribution in [2.24, 2.45) is 0 Å². The predicted molar refractivity (Wildman–Crippen MR) is 550 cm³/mol. The summed E-state index contributed by atoms with van der Waals surface area (Å²) >= 11 is 20.5. The number of hydrogen-bond donors (Lipinski definition) is 4. The van der Waals surface area contributed by atoms with Crippen molar-refractivity contribution in [2.45, 2.75) is 153 Å². The van der Waals surface area contributed by atoms with E-state index >= 15 is 0 Å². The van der Waals surface area contributed by atoms with E-state index in [4.69, 9.17) is 54.7 Å². The second-order valence-electron chi connectivity index (χ2n) is 40.1. The number of imide groups is 3. The van der Waals surface area contributed by atoms with Gasteiger partial charge in [-0.25, -0.2) is 19.9 Å². The van der Waals surface area contributed by atoms with Crippen molar-refractivity contribution in [1.29, 1.82) is 0 Å². The SMILES string of the molecule is CN(C)C(=O)c1cc2cnc(Cc3ccc(N4CCN(CCN5CCN(c6ccc7c(c6Cl)CN(C6CCC(=O)NC6=O)C7=O)CC5)CC4)cn3)nc2n1C1CCCC1.CN(C)C(=O)c1cc2cnc(Cc3ccc(N4CCN(CCN5CCN(c6ccc7c(c6Cl)CN(C6CCC(=O)NC6=O)C7=O)CC5)CC4)cn3)nc2n1C1CCCC1.Cl.O=C1CCC(N2Cc3c(ccc(N4CCNCC4)c3Cl)C2=O)C(=O)N1. The van der Waals surface area contributed by atoms with Gasteiger partial charge in [-0.05, 0) is 118 Å². The maximum absolute atomic E-state index is 13.2. The molecule has 0 radical (unpaired) electrons. The van der Waals surface area contributed by atoms with Crippen molar-refractivity contribution in [3.63, 3.8) is 0 Å². The molecule has 22 rings (SSSR count). The quantitative estimate of drug-likeness (QED) is 0.0465. The molecular formula is C103H124Cl4N26O11. The third-order valence-corrected chi connectivity index (χ3v) is 32.2. The number of piperazine rings is 5. The molecule has 11 amide bonds. The topological polar surface area (TPSA) is 368 Å². The number of amides is 11. The summed E-state index contributed by atoms with van der Waals surface area (Å²) in [5.41, 5.74) is 13.8. The number of pyridine rings is 2. The normalized spacial score (nSPS) is 21.2. The molecule has 13 aliphatic rings.